The zero-order valence-electron chi connectivity index (χ0n) is 15.4. The summed E-state index contributed by atoms with van der Waals surface area (Å²) in [6, 6.07) is 0.685. The lowest BCUT2D eigenvalue weighted by molar-refractivity contribution is -0.00193. The Balaban J connectivity index is 1.46. The largest absolute Gasteiger partial charge is 0.379 e. The Morgan fingerprint density at radius 1 is 1.04 bits per heavy atom. The van der Waals surface area contributed by atoms with Crippen LogP contribution in [0.4, 0.5) is 0 Å². The highest BCUT2D eigenvalue weighted by atomic mass is 16.5. The molecular formula is C19H32N4O. The maximum absolute atomic E-state index is 5.48. The van der Waals surface area contributed by atoms with E-state index in [9.17, 15) is 0 Å². The summed E-state index contributed by atoms with van der Waals surface area (Å²) >= 11 is 0. The SMILES string of the molecule is CC(C)c1ncc(CN2CCC([C@@H](C)N3CCOCC3)CC2)cn1. The first-order chi connectivity index (χ1) is 11.6. The normalized spacial score (nSPS) is 22.8. The summed E-state index contributed by atoms with van der Waals surface area (Å²) in [5, 5.41) is 0. The number of hydrogen-bond donors (Lipinski definition) is 0. The molecule has 0 aliphatic carbocycles. The standard InChI is InChI=1S/C19H32N4O/c1-15(2)19-20-12-17(13-21-19)14-22-6-4-18(5-7-22)16(3)23-8-10-24-11-9-23/h12-13,15-16,18H,4-11,14H2,1-3H3/t16-/m1/s1. The third-order valence-electron chi connectivity index (χ3n) is 5.58. The summed E-state index contributed by atoms with van der Waals surface area (Å²) in [4.78, 5) is 14.1. The molecular weight excluding hydrogens is 300 g/mol. The molecule has 2 aliphatic heterocycles. The van der Waals surface area contributed by atoms with Crippen molar-refractivity contribution in [3.8, 4) is 0 Å². The van der Waals surface area contributed by atoms with Gasteiger partial charge in [0.25, 0.3) is 0 Å². The van der Waals surface area contributed by atoms with Crippen molar-refractivity contribution >= 4 is 0 Å². The van der Waals surface area contributed by atoms with Crippen LogP contribution in [0.25, 0.3) is 0 Å². The Labute approximate surface area is 146 Å². The highest BCUT2D eigenvalue weighted by Crippen LogP contribution is 2.25. The highest BCUT2D eigenvalue weighted by molar-refractivity contribution is 5.07. The number of morpholine rings is 1. The second-order valence-electron chi connectivity index (χ2n) is 7.61. The minimum atomic E-state index is 0.400. The zero-order valence-corrected chi connectivity index (χ0v) is 15.4. The van der Waals surface area contributed by atoms with Crippen molar-refractivity contribution in [1.29, 1.82) is 0 Å². The van der Waals surface area contributed by atoms with Crippen LogP contribution in [0.1, 0.15) is 50.9 Å². The van der Waals surface area contributed by atoms with Gasteiger partial charge in [0.15, 0.2) is 0 Å². The molecule has 3 heterocycles. The maximum Gasteiger partial charge on any atom is 0.130 e. The fourth-order valence-electron chi connectivity index (χ4n) is 3.88. The average Bonchev–Trinajstić information content (AvgIpc) is 2.63. The molecule has 2 saturated heterocycles. The smallest absolute Gasteiger partial charge is 0.130 e. The van der Waals surface area contributed by atoms with Gasteiger partial charge in [0.2, 0.25) is 0 Å². The van der Waals surface area contributed by atoms with Crippen LogP contribution in [-0.4, -0.2) is 65.2 Å². The van der Waals surface area contributed by atoms with E-state index in [1.54, 1.807) is 0 Å². The van der Waals surface area contributed by atoms with E-state index in [0.29, 0.717) is 12.0 Å². The summed E-state index contributed by atoms with van der Waals surface area (Å²) in [5.41, 5.74) is 1.24. The van der Waals surface area contributed by atoms with E-state index in [1.807, 2.05) is 12.4 Å². The van der Waals surface area contributed by atoms with E-state index in [-0.39, 0.29) is 0 Å². The first kappa shape index (κ1) is 17.8. The number of likely N-dealkylation sites (tertiary alicyclic amines) is 1. The van der Waals surface area contributed by atoms with Crippen LogP contribution in [0.2, 0.25) is 0 Å². The van der Waals surface area contributed by atoms with Gasteiger partial charge < -0.3 is 4.74 Å². The first-order valence-corrected chi connectivity index (χ1v) is 9.48. The second kappa shape index (κ2) is 8.37. The van der Waals surface area contributed by atoms with Crippen molar-refractivity contribution in [3.63, 3.8) is 0 Å². The van der Waals surface area contributed by atoms with Gasteiger partial charge in [-0.15, -0.1) is 0 Å². The van der Waals surface area contributed by atoms with Crippen molar-refractivity contribution < 1.29 is 4.74 Å². The maximum atomic E-state index is 5.48. The molecule has 3 rings (SSSR count). The van der Waals surface area contributed by atoms with E-state index in [0.717, 1.165) is 44.6 Å². The topological polar surface area (TPSA) is 41.5 Å². The lowest BCUT2D eigenvalue weighted by atomic mass is 9.89. The Morgan fingerprint density at radius 2 is 1.67 bits per heavy atom. The van der Waals surface area contributed by atoms with E-state index >= 15 is 0 Å². The minimum Gasteiger partial charge on any atom is -0.379 e. The van der Waals surface area contributed by atoms with Crippen LogP contribution >= 0.6 is 0 Å². The van der Waals surface area contributed by atoms with Crippen LogP contribution in [0, 0.1) is 5.92 Å². The van der Waals surface area contributed by atoms with Crippen molar-refractivity contribution in [2.24, 2.45) is 5.92 Å². The third-order valence-corrected chi connectivity index (χ3v) is 5.58. The van der Waals surface area contributed by atoms with Gasteiger partial charge in [0.1, 0.15) is 5.82 Å². The predicted octanol–water partition coefficient (Wildman–Crippen LogP) is 2.53. The van der Waals surface area contributed by atoms with Gasteiger partial charge in [-0.1, -0.05) is 13.8 Å². The van der Waals surface area contributed by atoms with Crippen LogP contribution in [0.3, 0.4) is 0 Å². The van der Waals surface area contributed by atoms with E-state index < -0.39 is 0 Å². The summed E-state index contributed by atoms with van der Waals surface area (Å²) in [5.74, 6) is 2.16. The molecule has 2 fully saturated rings. The molecule has 0 radical (unpaired) electrons. The monoisotopic (exact) mass is 332 g/mol. The number of piperidine rings is 1. The molecule has 134 valence electrons. The lowest BCUT2D eigenvalue weighted by Crippen LogP contribution is -2.48. The predicted molar refractivity (Wildman–Crippen MR) is 96.0 cm³/mol. The summed E-state index contributed by atoms with van der Waals surface area (Å²) in [7, 11) is 0. The number of ether oxygens (including phenoxy) is 1. The van der Waals surface area contributed by atoms with Crippen molar-refractivity contribution in [2.75, 3.05) is 39.4 Å². The van der Waals surface area contributed by atoms with Gasteiger partial charge in [-0.3, -0.25) is 9.80 Å². The summed E-state index contributed by atoms with van der Waals surface area (Å²) < 4.78 is 5.48. The molecule has 0 unspecified atom stereocenters. The van der Waals surface area contributed by atoms with Gasteiger partial charge in [-0.25, -0.2) is 9.97 Å². The summed E-state index contributed by atoms with van der Waals surface area (Å²) in [6.07, 6.45) is 6.60. The molecule has 2 aliphatic rings. The van der Waals surface area contributed by atoms with E-state index in [1.165, 1.54) is 31.5 Å². The molecule has 1 aromatic heterocycles. The molecule has 1 aromatic rings. The molecule has 0 bridgehead atoms. The molecule has 24 heavy (non-hydrogen) atoms. The molecule has 1 atom stereocenters. The lowest BCUT2D eigenvalue weighted by Gasteiger charge is -2.41. The van der Waals surface area contributed by atoms with E-state index in [4.69, 9.17) is 4.74 Å². The number of rotatable bonds is 5. The Morgan fingerprint density at radius 3 is 2.25 bits per heavy atom. The second-order valence-corrected chi connectivity index (χ2v) is 7.61. The molecule has 0 spiro atoms. The Bertz CT molecular complexity index is 491. The van der Waals surface area contributed by atoms with Gasteiger partial charge in [-0.05, 0) is 38.8 Å². The fraction of sp³-hybridized carbons (Fsp3) is 0.789. The molecule has 0 saturated carbocycles. The van der Waals surface area contributed by atoms with Crippen LogP contribution in [0.15, 0.2) is 12.4 Å². The molecule has 5 heteroatoms. The number of nitrogens with zero attached hydrogens (tertiary/aromatic N) is 4. The molecule has 0 amide bonds. The van der Waals surface area contributed by atoms with Crippen molar-refractivity contribution in [2.45, 2.75) is 52.1 Å². The summed E-state index contributed by atoms with van der Waals surface area (Å²) in [6.45, 7) is 14.0. The highest BCUT2D eigenvalue weighted by Gasteiger charge is 2.28. The minimum absolute atomic E-state index is 0.400. The Hall–Kier alpha value is -1.04. The molecule has 0 aromatic carbocycles. The number of aromatic nitrogens is 2. The molecule has 5 nitrogen and oxygen atoms in total. The quantitative estimate of drug-likeness (QED) is 0.829. The van der Waals surface area contributed by atoms with E-state index in [2.05, 4.69) is 40.5 Å². The molecule has 0 N–H and O–H groups in total. The van der Waals surface area contributed by atoms with Gasteiger partial charge in [0, 0.05) is 49.6 Å². The number of hydrogen-bond acceptors (Lipinski definition) is 5. The first-order valence-electron chi connectivity index (χ1n) is 9.48. The van der Waals surface area contributed by atoms with Gasteiger partial charge in [0.05, 0.1) is 13.2 Å². The zero-order chi connectivity index (χ0) is 16.9. The van der Waals surface area contributed by atoms with Crippen LogP contribution in [-0.2, 0) is 11.3 Å². The van der Waals surface area contributed by atoms with Crippen molar-refractivity contribution in [3.05, 3.63) is 23.8 Å². The fourth-order valence-corrected chi connectivity index (χ4v) is 3.88. The van der Waals surface area contributed by atoms with Gasteiger partial charge >= 0.3 is 0 Å². The van der Waals surface area contributed by atoms with Gasteiger partial charge in [-0.2, -0.15) is 0 Å². The van der Waals surface area contributed by atoms with Crippen LogP contribution < -0.4 is 0 Å². The average molecular weight is 332 g/mol. The van der Waals surface area contributed by atoms with Crippen molar-refractivity contribution in [1.82, 2.24) is 19.8 Å². The third kappa shape index (κ3) is 4.52. The Kier molecular flexibility index (Phi) is 6.19. The van der Waals surface area contributed by atoms with Crippen LogP contribution in [0.5, 0.6) is 0 Å².